The predicted octanol–water partition coefficient (Wildman–Crippen LogP) is 5.07. The number of hydrogen-bond acceptors (Lipinski definition) is 3. The zero-order valence-electron chi connectivity index (χ0n) is 13.5. The van der Waals surface area contributed by atoms with E-state index in [0.717, 1.165) is 15.6 Å². The highest BCUT2D eigenvalue weighted by Crippen LogP contribution is 2.34. The Morgan fingerprint density at radius 2 is 1.67 bits per heavy atom. The molecule has 3 nitrogen and oxygen atoms in total. The largest absolute Gasteiger partial charge is 0.490 e. The normalized spacial score (nSPS) is 10.8. The summed E-state index contributed by atoms with van der Waals surface area (Å²) in [4.78, 5) is 0. The van der Waals surface area contributed by atoms with Crippen LogP contribution in [0, 0.1) is 0 Å². The van der Waals surface area contributed by atoms with E-state index in [4.69, 9.17) is 9.47 Å². The van der Waals surface area contributed by atoms with Crippen molar-refractivity contribution in [3.05, 3.63) is 70.2 Å². The molecule has 0 aliphatic carbocycles. The molecule has 1 N–H and O–H groups in total. The molecule has 0 fully saturated rings. The second-order valence-electron chi connectivity index (χ2n) is 5.41. The molecule has 24 heavy (non-hydrogen) atoms. The van der Waals surface area contributed by atoms with Gasteiger partial charge in [-0.25, -0.2) is 0 Å². The lowest BCUT2D eigenvalue weighted by atomic mass is 10.1. The van der Waals surface area contributed by atoms with Crippen LogP contribution in [-0.2, 0) is 13.2 Å². The van der Waals surface area contributed by atoms with Crippen molar-refractivity contribution >= 4 is 26.7 Å². The molecule has 0 heterocycles. The van der Waals surface area contributed by atoms with Gasteiger partial charge in [0.25, 0.3) is 0 Å². The number of aliphatic hydroxyl groups excluding tert-OH is 1. The molecule has 0 aliphatic heterocycles. The predicted molar refractivity (Wildman–Crippen MR) is 99.5 cm³/mol. The van der Waals surface area contributed by atoms with E-state index in [0.29, 0.717) is 24.7 Å². The van der Waals surface area contributed by atoms with Crippen molar-refractivity contribution < 1.29 is 14.6 Å². The molecule has 0 radical (unpaired) electrons. The highest BCUT2D eigenvalue weighted by atomic mass is 79.9. The summed E-state index contributed by atoms with van der Waals surface area (Å²) in [5.41, 5.74) is 1.90. The number of benzene rings is 3. The van der Waals surface area contributed by atoms with Gasteiger partial charge in [-0.3, -0.25) is 0 Å². The fourth-order valence-corrected chi connectivity index (χ4v) is 3.10. The summed E-state index contributed by atoms with van der Waals surface area (Å²) in [5, 5.41) is 11.8. The van der Waals surface area contributed by atoms with Gasteiger partial charge in [0.05, 0.1) is 13.2 Å². The molecule has 0 aliphatic rings. The molecule has 0 aromatic heterocycles. The second kappa shape index (κ2) is 7.69. The summed E-state index contributed by atoms with van der Waals surface area (Å²) in [6.45, 7) is 2.86. The molecule has 0 amide bonds. The SMILES string of the molecule is CCOc1cc(CO)c(Br)cc1OCc1cccc2ccccc12. The maximum absolute atomic E-state index is 9.40. The highest BCUT2D eigenvalue weighted by Gasteiger charge is 2.11. The number of hydrogen-bond donors (Lipinski definition) is 1. The van der Waals surface area contributed by atoms with Crippen LogP contribution in [0.25, 0.3) is 10.8 Å². The first kappa shape index (κ1) is 16.8. The smallest absolute Gasteiger partial charge is 0.162 e. The van der Waals surface area contributed by atoms with E-state index < -0.39 is 0 Å². The number of ether oxygens (including phenoxy) is 2. The highest BCUT2D eigenvalue weighted by molar-refractivity contribution is 9.10. The minimum absolute atomic E-state index is 0.0513. The molecule has 0 unspecified atom stereocenters. The molecule has 3 aromatic rings. The van der Waals surface area contributed by atoms with Crippen LogP contribution in [-0.4, -0.2) is 11.7 Å². The Morgan fingerprint density at radius 1 is 0.917 bits per heavy atom. The van der Waals surface area contributed by atoms with Gasteiger partial charge in [0.15, 0.2) is 11.5 Å². The van der Waals surface area contributed by atoms with E-state index in [1.54, 1.807) is 0 Å². The lowest BCUT2D eigenvalue weighted by Crippen LogP contribution is -2.01. The van der Waals surface area contributed by atoms with Gasteiger partial charge in [-0.05, 0) is 41.0 Å². The summed E-state index contributed by atoms with van der Waals surface area (Å²) in [6, 6.07) is 18.1. The summed E-state index contributed by atoms with van der Waals surface area (Å²) in [6.07, 6.45) is 0. The second-order valence-corrected chi connectivity index (χ2v) is 6.26. The Kier molecular flexibility index (Phi) is 5.38. The minimum Gasteiger partial charge on any atom is -0.490 e. The molecule has 4 heteroatoms. The van der Waals surface area contributed by atoms with Crippen molar-refractivity contribution in [2.45, 2.75) is 20.1 Å². The average Bonchev–Trinajstić information content (AvgIpc) is 2.61. The van der Waals surface area contributed by atoms with E-state index >= 15 is 0 Å². The van der Waals surface area contributed by atoms with E-state index in [1.165, 1.54) is 10.8 Å². The lowest BCUT2D eigenvalue weighted by molar-refractivity contribution is 0.263. The fourth-order valence-electron chi connectivity index (χ4n) is 2.65. The number of aliphatic hydroxyl groups is 1. The van der Waals surface area contributed by atoms with Crippen molar-refractivity contribution in [2.75, 3.05) is 6.61 Å². The van der Waals surface area contributed by atoms with Crippen LogP contribution in [0.1, 0.15) is 18.1 Å². The monoisotopic (exact) mass is 386 g/mol. The first-order chi connectivity index (χ1) is 11.7. The number of halogens is 1. The van der Waals surface area contributed by atoms with Gasteiger partial charge in [0.2, 0.25) is 0 Å². The molecule has 0 saturated heterocycles. The third-order valence-electron chi connectivity index (χ3n) is 3.85. The summed E-state index contributed by atoms with van der Waals surface area (Å²) in [5.74, 6) is 1.30. The molecule has 0 bridgehead atoms. The number of fused-ring (bicyclic) bond motifs is 1. The molecular formula is C20H19BrO3. The zero-order chi connectivity index (χ0) is 16.9. The number of rotatable bonds is 6. The van der Waals surface area contributed by atoms with Gasteiger partial charge in [-0.1, -0.05) is 58.4 Å². The first-order valence-corrected chi connectivity index (χ1v) is 8.67. The van der Waals surface area contributed by atoms with Crippen LogP contribution in [0.5, 0.6) is 11.5 Å². The first-order valence-electron chi connectivity index (χ1n) is 7.88. The molecule has 0 spiro atoms. The molecule has 124 valence electrons. The van der Waals surface area contributed by atoms with Crippen LogP contribution < -0.4 is 9.47 Å². The Labute approximate surface area is 150 Å². The van der Waals surface area contributed by atoms with Crippen LogP contribution in [0.3, 0.4) is 0 Å². The third kappa shape index (κ3) is 3.55. The van der Waals surface area contributed by atoms with E-state index in [2.05, 4.69) is 40.2 Å². The van der Waals surface area contributed by atoms with Crippen LogP contribution in [0.15, 0.2) is 59.1 Å². The quantitative estimate of drug-likeness (QED) is 0.642. The summed E-state index contributed by atoms with van der Waals surface area (Å²) < 4.78 is 12.5. The van der Waals surface area contributed by atoms with Gasteiger partial charge in [-0.15, -0.1) is 0 Å². The molecular weight excluding hydrogens is 368 g/mol. The molecule has 3 aromatic carbocycles. The van der Waals surface area contributed by atoms with Crippen molar-refractivity contribution in [1.82, 2.24) is 0 Å². The van der Waals surface area contributed by atoms with E-state index in [9.17, 15) is 5.11 Å². The topological polar surface area (TPSA) is 38.7 Å². The summed E-state index contributed by atoms with van der Waals surface area (Å²) in [7, 11) is 0. The maximum atomic E-state index is 9.40. The standard InChI is InChI=1S/C20H19BrO3/c1-2-23-19-10-16(12-22)18(21)11-20(19)24-13-15-8-5-7-14-6-3-4-9-17(14)15/h3-11,22H,2,12-13H2,1H3. The van der Waals surface area contributed by atoms with Crippen molar-refractivity contribution in [1.29, 1.82) is 0 Å². The summed E-state index contributed by atoms with van der Waals surface area (Å²) >= 11 is 3.46. The van der Waals surface area contributed by atoms with Gasteiger partial charge in [-0.2, -0.15) is 0 Å². The van der Waals surface area contributed by atoms with Gasteiger partial charge in [0, 0.05) is 4.47 Å². The van der Waals surface area contributed by atoms with Crippen LogP contribution in [0.2, 0.25) is 0 Å². The van der Waals surface area contributed by atoms with Gasteiger partial charge in [0.1, 0.15) is 6.61 Å². The molecule has 0 saturated carbocycles. The van der Waals surface area contributed by atoms with Crippen LogP contribution >= 0.6 is 15.9 Å². The Hall–Kier alpha value is -2.04. The van der Waals surface area contributed by atoms with Crippen molar-refractivity contribution in [3.8, 4) is 11.5 Å². The molecule has 3 rings (SSSR count). The minimum atomic E-state index is -0.0513. The van der Waals surface area contributed by atoms with Crippen LogP contribution in [0.4, 0.5) is 0 Å². The maximum Gasteiger partial charge on any atom is 0.162 e. The van der Waals surface area contributed by atoms with Gasteiger partial charge < -0.3 is 14.6 Å². The Balaban J connectivity index is 1.89. The fraction of sp³-hybridized carbons (Fsp3) is 0.200. The third-order valence-corrected chi connectivity index (χ3v) is 4.58. The van der Waals surface area contributed by atoms with E-state index in [1.807, 2.05) is 37.3 Å². The van der Waals surface area contributed by atoms with Crippen molar-refractivity contribution in [2.24, 2.45) is 0 Å². The average molecular weight is 387 g/mol. The Morgan fingerprint density at radius 3 is 2.46 bits per heavy atom. The van der Waals surface area contributed by atoms with E-state index in [-0.39, 0.29) is 6.61 Å². The molecule has 0 atom stereocenters. The zero-order valence-corrected chi connectivity index (χ0v) is 15.0. The lowest BCUT2D eigenvalue weighted by Gasteiger charge is -2.15. The van der Waals surface area contributed by atoms with Gasteiger partial charge >= 0.3 is 0 Å². The Bertz CT molecular complexity index is 840. The van der Waals surface area contributed by atoms with Crippen molar-refractivity contribution in [3.63, 3.8) is 0 Å².